The van der Waals surface area contributed by atoms with Gasteiger partial charge in [0.25, 0.3) is 0 Å². The third kappa shape index (κ3) is 3.48. The Morgan fingerprint density at radius 1 is 1.35 bits per heavy atom. The highest BCUT2D eigenvalue weighted by atomic mass is 16.5. The molecule has 17 heavy (non-hydrogen) atoms. The predicted octanol–water partition coefficient (Wildman–Crippen LogP) is 1.20. The summed E-state index contributed by atoms with van der Waals surface area (Å²) in [6.07, 6.45) is -0.0825. The number of hydrogen-bond donors (Lipinski definition) is 2. The van der Waals surface area contributed by atoms with E-state index in [9.17, 15) is 14.7 Å². The molecule has 0 spiro atoms. The third-order valence-corrected chi connectivity index (χ3v) is 2.28. The average molecular weight is 238 g/mol. The van der Waals surface area contributed by atoms with E-state index in [4.69, 9.17) is 5.11 Å². The number of carbonyl (C=O) groups is 2. The van der Waals surface area contributed by atoms with E-state index in [0.717, 1.165) is 0 Å². The first-order chi connectivity index (χ1) is 8.06. The predicted molar refractivity (Wildman–Crippen MR) is 59.6 cm³/mol. The zero-order valence-corrected chi connectivity index (χ0v) is 9.42. The number of aromatic hydroxyl groups is 1. The van der Waals surface area contributed by atoms with Crippen LogP contribution >= 0.6 is 0 Å². The van der Waals surface area contributed by atoms with Crippen LogP contribution in [0.2, 0.25) is 0 Å². The van der Waals surface area contributed by atoms with Gasteiger partial charge in [-0.25, -0.2) is 0 Å². The molecule has 0 aliphatic carbocycles. The van der Waals surface area contributed by atoms with Crippen LogP contribution in [0.5, 0.6) is 5.75 Å². The molecule has 0 saturated heterocycles. The van der Waals surface area contributed by atoms with Gasteiger partial charge in [0, 0.05) is 0 Å². The van der Waals surface area contributed by atoms with Gasteiger partial charge in [-0.2, -0.15) is 0 Å². The fourth-order valence-electron chi connectivity index (χ4n) is 1.42. The topological polar surface area (TPSA) is 83.8 Å². The molecule has 1 aromatic carbocycles. The van der Waals surface area contributed by atoms with E-state index in [0.29, 0.717) is 5.56 Å². The van der Waals surface area contributed by atoms with Crippen molar-refractivity contribution >= 4 is 11.9 Å². The van der Waals surface area contributed by atoms with Crippen LogP contribution in [0.4, 0.5) is 0 Å². The minimum atomic E-state index is -1.29. The van der Waals surface area contributed by atoms with E-state index in [1.54, 1.807) is 25.1 Å². The van der Waals surface area contributed by atoms with Crippen LogP contribution in [-0.4, -0.2) is 28.8 Å². The summed E-state index contributed by atoms with van der Waals surface area (Å²) < 4.78 is 4.68. The van der Waals surface area contributed by atoms with Crippen LogP contribution in [0, 0.1) is 5.92 Å². The van der Waals surface area contributed by atoms with Crippen molar-refractivity contribution in [2.24, 2.45) is 5.92 Å². The van der Waals surface area contributed by atoms with Crippen molar-refractivity contribution in [2.45, 2.75) is 13.3 Å². The molecule has 0 radical (unpaired) electrons. The molecule has 0 aliphatic rings. The van der Waals surface area contributed by atoms with E-state index < -0.39 is 17.9 Å². The van der Waals surface area contributed by atoms with Crippen molar-refractivity contribution in [3.8, 4) is 5.75 Å². The molecule has 0 aliphatic heterocycles. The van der Waals surface area contributed by atoms with Gasteiger partial charge in [0.1, 0.15) is 5.75 Å². The summed E-state index contributed by atoms with van der Waals surface area (Å²) in [5.74, 6) is -3.36. The van der Waals surface area contributed by atoms with Gasteiger partial charge in [-0.1, -0.05) is 18.2 Å². The van der Waals surface area contributed by atoms with Crippen molar-refractivity contribution in [1.82, 2.24) is 0 Å². The average Bonchev–Trinajstić information content (AvgIpc) is 2.27. The van der Waals surface area contributed by atoms with E-state index in [-0.39, 0.29) is 18.8 Å². The molecule has 0 aromatic heterocycles. The second kappa shape index (κ2) is 5.89. The first-order valence-electron chi connectivity index (χ1n) is 5.22. The second-order valence-corrected chi connectivity index (χ2v) is 3.48. The van der Waals surface area contributed by atoms with Crippen LogP contribution in [0.1, 0.15) is 12.5 Å². The molecule has 1 aromatic rings. The number of carbonyl (C=O) groups excluding carboxylic acids is 1. The number of ether oxygens (including phenoxy) is 1. The van der Waals surface area contributed by atoms with Crippen LogP contribution < -0.4 is 0 Å². The van der Waals surface area contributed by atoms with Gasteiger partial charge in [-0.15, -0.1) is 0 Å². The van der Waals surface area contributed by atoms with Crippen molar-refractivity contribution in [2.75, 3.05) is 6.61 Å². The summed E-state index contributed by atoms with van der Waals surface area (Å²) in [4.78, 5) is 22.4. The van der Waals surface area contributed by atoms with Gasteiger partial charge in [0.05, 0.1) is 6.61 Å². The molecule has 1 atom stereocenters. The first-order valence-corrected chi connectivity index (χ1v) is 5.22. The van der Waals surface area contributed by atoms with E-state index >= 15 is 0 Å². The maximum absolute atomic E-state index is 11.4. The highest BCUT2D eigenvalue weighted by Crippen LogP contribution is 2.20. The summed E-state index contributed by atoms with van der Waals surface area (Å²) in [6, 6.07) is 6.31. The molecule has 0 bridgehead atoms. The zero-order valence-electron chi connectivity index (χ0n) is 9.42. The van der Waals surface area contributed by atoms with E-state index in [2.05, 4.69) is 4.74 Å². The Balaban J connectivity index is 2.84. The van der Waals surface area contributed by atoms with Crippen LogP contribution in [0.15, 0.2) is 24.3 Å². The summed E-state index contributed by atoms with van der Waals surface area (Å²) >= 11 is 0. The lowest BCUT2D eigenvalue weighted by molar-refractivity contribution is -0.158. The number of carboxylic acid groups (broad SMARTS) is 1. The smallest absolute Gasteiger partial charge is 0.320 e. The Kier molecular flexibility index (Phi) is 4.51. The number of para-hydroxylation sites is 1. The third-order valence-electron chi connectivity index (χ3n) is 2.28. The van der Waals surface area contributed by atoms with Gasteiger partial charge in [-0.05, 0) is 25.0 Å². The Morgan fingerprint density at radius 3 is 2.53 bits per heavy atom. The van der Waals surface area contributed by atoms with Gasteiger partial charge in [0.15, 0.2) is 5.92 Å². The number of esters is 1. The molecular formula is C12H14O5. The summed E-state index contributed by atoms with van der Waals surface area (Å²) in [7, 11) is 0. The van der Waals surface area contributed by atoms with E-state index in [1.165, 1.54) is 6.07 Å². The summed E-state index contributed by atoms with van der Waals surface area (Å²) in [5.41, 5.74) is 0.410. The SMILES string of the molecule is CCOC(=O)C(Cc1ccccc1O)C(=O)O. The zero-order chi connectivity index (χ0) is 12.8. The fraction of sp³-hybridized carbons (Fsp3) is 0.333. The summed E-state index contributed by atoms with van der Waals surface area (Å²) in [5, 5.41) is 18.4. The van der Waals surface area contributed by atoms with Crippen molar-refractivity contribution < 1.29 is 24.5 Å². The largest absolute Gasteiger partial charge is 0.508 e. The van der Waals surface area contributed by atoms with E-state index in [1.807, 2.05) is 0 Å². The van der Waals surface area contributed by atoms with Gasteiger partial charge in [-0.3, -0.25) is 9.59 Å². The minimum Gasteiger partial charge on any atom is -0.508 e. The lowest BCUT2D eigenvalue weighted by Gasteiger charge is -2.11. The first kappa shape index (κ1) is 13.0. The molecule has 92 valence electrons. The molecule has 5 heteroatoms. The maximum atomic E-state index is 11.4. The number of benzene rings is 1. The van der Waals surface area contributed by atoms with Crippen LogP contribution in [0.25, 0.3) is 0 Å². The number of hydrogen-bond acceptors (Lipinski definition) is 4. The highest BCUT2D eigenvalue weighted by molar-refractivity contribution is 5.94. The Bertz CT molecular complexity index is 413. The molecule has 0 heterocycles. The van der Waals surface area contributed by atoms with Crippen molar-refractivity contribution in [3.05, 3.63) is 29.8 Å². The molecule has 2 N–H and O–H groups in total. The maximum Gasteiger partial charge on any atom is 0.320 e. The summed E-state index contributed by atoms with van der Waals surface area (Å²) in [6.45, 7) is 1.74. The normalized spacial score (nSPS) is 11.8. The number of aliphatic carboxylic acids is 1. The Hall–Kier alpha value is -2.04. The molecule has 5 nitrogen and oxygen atoms in total. The molecule has 0 amide bonds. The molecular weight excluding hydrogens is 224 g/mol. The van der Waals surface area contributed by atoms with Gasteiger partial charge < -0.3 is 14.9 Å². The number of phenols is 1. The van der Waals surface area contributed by atoms with Gasteiger partial charge >= 0.3 is 11.9 Å². The van der Waals surface area contributed by atoms with Crippen molar-refractivity contribution in [1.29, 1.82) is 0 Å². The minimum absolute atomic E-state index is 0.0250. The van der Waals surface area contributed by atoms with Crippen LogP contribution in [-0.2, 0) is 20.7 Å². The Morgan fingerprint density at radius 2 is 2.00 bits per heavy atom. The number of rotatable bonds is 5. The lowest BCUT2D eigenvalue weighted by atomic mass is 9.99. The standard InChI is InChI=1S/C12H14O5/c1-2-17-12(16)9(11(14)15)7-8-5-3-4-6-10(8)13/h3-6,9,13H,2,7H2,1H3,(H,14,15). The Labute approximate surface area is 98.6 Å². The van der Waals surface area contributed by atoms with Gasteiger partial charge in [0.2, 0.25) is 0 Å². The fourth-order valence-corrected chi connectivity index (χ4v) is 1.42. The monoisotopic (exact) mass is 238 g/mol. The van der Waals surface area contributed by atoms with Crippen molar-refractivity contribution in [3.63, 3.8) is 0 Å². The number of phenolic OH excluding ortho intramolecular Hbond substituents is 1. The van der Waals surface area contributed by atoms with Crippen LogP contribution in [0.3, 0.4) is 0 Å². The highest BCUT2D eigenvalue weighted by Gasteiger charge is 2.28. The quantitative estimate of drug-likeness (QED) is 0.594. The molecule has 1 unspecified atom stereocenters. The molecule has 0 fully saturated rings. The lowest BCUT2D eigenvalue weighted by Crippen LogP contribution is -2.28. The second-order valence-electron chi connectivity index (χ2n) is 3.48. The molecule has 0 saturated carbocycles. The molecule has 1 rings (SSSR count). The number of carboxylic acids is 1.